The minimum atomic E-state index is -4.64. The Balaban J connectivity index is 1.61. The molecule has 4 rings (SSSR count). The lowest BCUT2D eigenvalue weighted by Gasteiger charge is -2.39. The van der Waals surface area contributed by atoms with Crippen molar-refractivity contribution in [2.75, 3.05) is 30.7 Å². The molecular weight excluding hydrogens is 495 g/mol. The highest BCUT2D eigenvalue weighted by Gasteiger charge is 2.49. The Morgan fingerprint density at radius 2 is 1.92 bits per heavy atom. The van der Waals surface area contributed by atoms with Gasteiger partial charge in [-0.15, -0.1) is 0 Å². The summed E-state index contributed by atoms with van der Waals surface area (Å²) in [6, 6.07) is 2.09. The van der Waals surface area contributed by atoms with E-state index in [1.54, 1.807) is 4.90 Å². The van der Waals surface area contributed by atoms with Crippen molar-refractivity contribution in [3.05, 3.63) is 28.8 Å². The summed E-state index contributed by atoms with van der Waals surface area (Å²) in [7, 11) is -3.77. The monoisotopic (exact) mass is 529 g/mol. The lowest BCUT2D eigenvalue weighted by atomic mass is 9.74. The van der Waals surface area contributed by atoms with Gasteiger partial charge in [-0.1, -0.05) is 13.8 Å². The number of rotatable bonds is 5. The highest BCUT2D eigenvalue weighted by Crippen LogP contribution is 2.46. The van der Waals surface area contributed by atoms with E-state index in [-0.39, 0.29) is 36.5 Å². The number of aliphatic imine (C=N–C) groups is 1. The summed E-state index contributed by atoms with van der Waals surface area (Å²) in [6.07, 6.45) is 0.257. The number of hydrogen-bond acceptors (Lipinski definition) is 5. The number of nitrogens with zero attached hydrogens (tertiary/aromatic N) is 2. The van der Waals surface area contributed by atoms with Gasteiger partial charge in [-0.05, 0) is 67.7 Å². The molecule has 2 fully saturated rings. The lowest BCUT2D eigenvalue weighted by molar-refractivity contribution is -0.145. The maximum atomic E-state index is 13.9. The highest BCUT2D eigenvalue weighted by molar-refractivity contribution is 7.92. The van der Waals surface area contributed by atoms with Crippen molar-refractivity contribution in [2.24, 2.45) is 16.3 Å². The third kappa shape index (κ3) is 5.72. The molecule has 1 saturated heterocycles. The second kappa shape index (κ2) is 9.96. The van der Waals surface area contributed by atoms with Crippen LogP contribution in [0.2, 0.25) is 0 Å². The van der Waals surface area contributed by atoms with Crippen LogP contribution in [0.25, 0.3) is 0 Å². The number of fused-ring (bicyclic) bond motifs is 1. The van der Waals surface area contributed by atoms with E-state index in [0.29, 0.717) is 43.7 Å². The van der Waals surface area contributed by atoms with Gasteiger partial charge >= 0.3 is 6.18 Å². The number of carbonyl (C=O) groups excluding carboxylic acids is 1. The van der Waals surface area contributed by atoms with Crippen molar-refractivity contribution < 1.29 is 31.1 Å². The molecule has 2 heterocycles. The molecule has 1 amide bonds. The molecule has 1 aromatic rings. The molecule has 0 spiro atoms. The van der Waals surface area contributed by atoms with Crippen LogP contribution in [0.4, 0.5) is 18.9 Å². The molecular formula is C25H34F3N3O4S. The number of halogens is 3. The minimum Gasteiger partial charge on any atom is -0.381 e. The minimum absolute atomic E-state index is 0.0113. The van der Waals surface area contributed by atoms with Crippen molar-refractivity contribution in [3.63, 3.8) is 0 Å². The Kier molecular flexibility index (Phi) is 7.45. The summed E-state index contributed by atoms with van der Waals surface area (Å²) in [4.78, 5) is 20.5. The number of amides is 1. The largest absolute Gasteiger partial charge is 0.416 e. The van der Waals surface area contributed by atoms with Crippen molar-refractivity contribution in [1.29, 1.82) is 0 Å². The fraction of sp³-hybridized carbons (Fsp3) is 0.680. The van der Waals surface area contributed by atoms with Gasteiger partial charge in [-0.3, -0.25) is 14.5 Å². The van der Waals surface area contributed by atoms with Gasteiger partial charge in [0.15, 0.2) is 0 Å². The summed E-state index contributed by atoms with van der Waals surface area (Å²) in [6.45, 7) is 5.75. The first kappa shape index (κ1) is 26.9. The lowest BCUT2D eigenvalue weighted by Crippen LogP contribution is -2.47. The number of hydrogen-bond donors (Lipinski definition) is 1. The van der Waals surface area contributed by atoms with E-state index in [1.165, 1.54) is 0 Å². The maximum absolute atomic E-state index is 13.9. The molecule has 0 bridgehead atoms. The van der Waals surface area contributed by atoms with Crippen LogP contribution >= 0.6 is 0 Å². The molecule has 1 atom stereocenters. The molecule has 3 aliphatic rings. The predicted molar refractivity (Wildman–Crippen MR) is 131 cm³/mol. The van der Waals surface area contributed by atoms with E-state index >= 15 is 0 Å². The fourth-order valence-corrected chi connectivity index (χ4v) is 6.24. The van der Waals surface area contributed by atoms with Crippen LogP contribution in [0.3, 0.4) is 0 Å². The smallest absolute Gasteiger partial charge is 0.381 e. The van der Waals surface area contributed by atoms with Gasteiger partial charge in [-0.2, -0.15) is 13.2 Å². The highest BCUT2D eigenvalue weighted by atomic mass is 32.2. The normalized spacial score (nSPS) is 24.9. The average Bonchev–Trinajstić information content (AvgIpc) is 3.22. The van der Waals surface area contributed by atoms with Crippen LogP contribution < -0.4 is 4.72 Å². The summed E-state index contributed by atoms with van der Waals surface area (Å²) in [5.41, 5.74) is 0.219. The first-order chi connectivity index (χ1) is 16.8. The summed E-state index contributed by atoms with van der Waals surface area (Å²) in [5.74, 6) is -0.0203. The maximum Gasteiger partial charge on any atom is 0.416 e. The molecule has 200 valence electrons. The summed E-state index contributed by atoms with van der Waals surface area (Å²) in [5, 5.41) is 0. The molecule has 2 aliphatic heterocycles. The Morgan fingerprint density at radius 3 is 2.53 bits per heavy atom. The molecule has 0 radical (unpaired) electrons. The second-order valence-corrected chi connectivity index (χ2v) is 12.3. The number of anilines is 1. The van der Waals surface area contributed by atoms with Crippen molar-refractivity contribution in [1.82, 2.24) is 4.90 Å². The van der Waals surface area contributed by atoms with Gasteiger partial charge < -0.3 is 9.64 Å². The zero-order valence-electron chi connectivity index (χ0n) is 21.0. The SMILES string of the molecule is CC(C)[C@]1(C(=O)N2CCc3c(cc(C(F)(F)F)cc3NS(C)(=O)=O)C2)CCC(=NC2CCOCC2)C1. The van der Waals surface area contributed by atoms with Gasteiger partial charge in [-0.25, -0.2) is 8.42 Å². The summed E-state index contributed by atoms with van der Waals surface area (Å²) >= 11 is 0. The van der Waals surface area contributed by atoms with Crippen molar-refractivity contribution in [2.45, 2.75) is 71.1 Å². The first-order valence-electron chi connectivity index (χ1n) is 12.4. The Morgan fingerprint density at radius 1 is 1.22 bits per heavy atom. The second-order valence-electron chi connectivity index (χ2n) is 10.5. The third-order valence-corrected chi connectivity index (χ3v) is 8.30. The van der Waals surface area contributed by atoms with Crippen LogP contribution in [0.5, 0.6) is 0 Å². The van der Waals surface area contributed by atoms with E-state index in [9.17, 15) is 26.4 Å². The summed E-state index contributed by atoms with van der Waals surface area (Å²) < 4.78 is 72.1. The average molecular weight is 530 g/mol. The van der Waals surface area contributed by atoms with Crippen LogP contribution in [0.1, 0.15) is 62.6 Å². The molecule has 36 heavy (non-hydrogen) atoms. The Labute approximate surface area is 210 Å². The van der Waals surface area contributed by atoms with Crippen LogP contribution in [0, 0.1) is 11.3 Å². The van der Waals surface area contributed by atoms with Gasteiger partial charge in [0.05, 0.1) is 29.0 Å². The van der Waals surface area contributed by atoms with Gasteiger partial charge in [0.1, 0.15) is 0 Å². The third-order valence-electron chi connectivity index (χ3n) is 7.71. The fourth-order valence-electron chi connectivity index (χ4n) is 5.66. The molecule has 0 aromatic heterocycles. The predicted octanol–water partition coefficient (Wildman–Crippen LogP) is 4.41. The zero-order valence-corrected chi connectivity index (χ0v) is 21.8. The van der Waals surface area contributed by atoms with E-state index in [2.05, 4.69) is 4.72 Å². The van der Waals surface area contributed by atoms with E-state index < -0.39 is 27.2 Å². The van der Waals surface area contributed by atoms with Crippen molar-refractivity contribution in [3.8, 4) is 0 Å². The zero-order chi connectivity index (χ0) is 26.3. The number of sulfonamides is 1. The van der Waals surface area contributed by atoms with Crippen LogP contribution in [-0.4, -0.2) is 57.0 Å². The number of ether oxygens (including phenoxy) is 1. The van der Waals surface area contributed by atoms with E-state index in [0.717, 1.165) is 43.4 Å². The van der Waals surface area contributed by atoms with Crippen LogP contribution in [-0.2, 0) is 38.7 Å². The molecule has 1 aromatic carbocycles. The molecule has 1 saturated carbocycles. The molecule has 1 N–H and O–H groups in total. The molecule has 0 unspecified atom stereocenters. The molecule has 7 nitrogen and oxygen atoms in total. The number of nitrogens with one attached hydrogen (secondary N) is 1. The standard InChI is InChI=1S/C25H34F3N3O4S/c1-16(2)24(8-4-20(14-24)29-19-6-10-35-11-7-19)23(32)31-9-5-21-17(15-31)12-18(25(26,27)28)13-22(21)30-36(3,33)34/h12-13,16,19,30H,4-11,14-15H2,1-3H3/t24-/m0/s1. The van der Waals surface area contributed by atoms with Gasteiger partial charge in [0.25, 0.3) is 0 Å². The van der Waals surface area contributed by atoms with Gasteiger partial charge in [0.2, 0.25) is 15.9 Å². The van der Waals surface area contributed by atoms with Gasteiger partial charge in [0, 0.05) is 32.0 Å². The Bertz CT molecular complexity index is 1140. The quantitative estimate of drug-likeness (QED) is 0.612. The van der Waals surface area contributed by atoms with Crippen molar-refractivity contribution >= 4 is 27.3 Å². The number of benzene rings is 1. The molecule has 11 heteroatoms. The topological polar surface area (TPSA) is 88.1 Å². The number of alkyl halides is 3. The number of carbonyl (C=O) groups is 1. The first-order valence-corrected chi connectivity index (χ1v) is 14.3. The van der Waals surface area contributed by atoms with E-state index in [4.69, 9.17) is 9.73 Å². The van der Waals surface area contributed by atoms with Crippen LogP contribution in [0.15, 0.2) is 17.1 Å². The molecule has 1 aliphatic carbocycles. The van der Waals surface area contributed by atoms with E-state index in [1.807, 2.05) is 13.8 Å². The Hall–Kier alpha value is -2.14.